The number of alkyl halides is 3. The molecule has 3 atom stereocenters. The number of primary amides is 1. The van der Waals surface area contributed by atoms with Crippen LogP contribution < -0.4 is 11.1 Å². The number of rotatable bonds is 11. The van der Waals surface area contributed by atoms with E-state index in [1.165, 1.54) is 12.1 Å². The van der Waals surface area contributed by atoms with Crippen molar-refractivity contribution < 1.29 is 27.6 Å². The van der Waals surface area contributed by atoms with Gasteiger partial charge in [-0.05, 0) is 67.3 Å². The highest BCUT2D eigenvalue weighted by molar-refractivity contribution is 5.91. The van der Waals surface area contributed by atoms with E-state index in [0.29, 0.717) is 43.4 Å². The fraction of sp³-hybridized carbons (Fsp3) is 0.533. The molecule has 2 heterocycles. The number of nitrogens with one attached hydrogen (secondary N) is 1. The molecule has 0 bridgehead atoms. The first-order chi connectivity index (χ1) is 18.9. The predicted molar refractivity (Wildman–Crippen MR) is 146 cm³/mol. The molecule has 0 radical (unpaired) electrons. The topological polar surface area (TPSA) is 105 Å². The normalized spacial score (nSPS) is 17.8. The van der Waals surface area contributed by atoms with Crippen LogP contribution in [0.4, 0.5) is 13.2 Å². The third kappa shape index (κ3) is 8.29. The Bertz CT molecular complexity index is 1170. The van der Waals surface area contributed by atoms with E-state index in [9.17, 15) is 27.6 Å². The summed E-state index contributed by atoms with van der Waals surface area (Å²) in [5.41, 5.74) is 6.89. The Morgan fingerprint density at radius 2 is 1.80 bits per heavy atom. The van der Waals surface area contributed by atoms with Crippen molar-refractivity contribution in [1.29, 1.82) is 0 Å². The van der Waals surface area contributed by atoms with Crippen molar-refractivity contribution in [2.75, 3.05) is 6.54 Å². The molecule has 1 aromatic heterocycles. The van der Waals surface area contributed by atoms with Gasteiger partial charge in [-0.25, -0.2) is 0 Å². The molecule has 1 fully saturated rings. The third-order valence-corrected chi connectivity index (χ3v) is 7.32. The Morgan fingerprint density at radius 3 is 2.40 bits per heavy atom. The zero-order chi connectivity index (χ0) is 29.4. The van der Waals surface area contributed by atoms with Crippen molar-refractivity contribution >= 4 is 17.7 Å². The molecule has 1 saturated heterocycles. The molecular formula is C30H39F3N4O3. The van der Waals surface area contributed by atoms with Gasteiger partial charge in [-0.1, -0.05) is 39.3 Å². The first kappa shape index (κ1) is 31.1. The number of halogens is 3. The first-order valence-corrected chi connectivity index (χ1v) is 13.9. The van der Waals surface area contributed by atoms with Gasteiger partial charge in [-0.3, -0.25) is 19.4 Å². The van der Waals surface area contributed by atoms with E-state index < -0.39 is 35.5 Å². The van der Waals surface area contributed by atoms with Crippen LogP contribution in [0.2, 0.25) is 0 Å². The van der Waals surface area contributed by atoms with Gasteiger partial charge in [0.05, 0.1) is 5.56 Å². The van der Waals surface area contributed by atoms with Crippen molar-refractivity contribution in [3.05, 3.63) is 53.9 Å². The van der Waals surface area contributed by atoms with E-state index in [4.69, 9.17) is 5.73 Å². The molecule has 7 nitrogen and oxygen atoms in total. The van der Waals surface area contributed by atoms with E-state index in [0.717, 1.165) is 30.5 Å². The van der Waals surface area contributed by atoms with Crippen LogP contribution in [0, 0.1) is 17.8 Å². The SMILES string of the molecule is CCC[C@H](C(N)=O)C(CC(C)C)C(=O)N[C@H]1CCCCN(Cc2cncc(-c3ccc(C(F)(F)F)cc3)c2)C1=O. The first-order valence-electron chi connectivity index (χ1n) is 13.9. The number of pyridine rings is 1. The minimum Gasteiger partial charge on any atom is -0.369 e. The summed E-state index contributed by atoms with van der Waals surface area (Å²) in [7, 11) is 0. The molecule has 1 aliphatic rings. The molecule has 0 spiro atoms. The van der Waals surface area contributed by atoms with E-state index in [1.54, 1.807) is 17.3 Å². The molecule has 0 aliphatic carbocycles. The number of nitrogens with zero attached hydrogens (tertiary/aromatic N) is 2. The fourth-order valence-electron chi connectivity index (χ4n) is 5.29. The van der Waals surface area contributed by atoms with Crippen molar-refractivity contribution in [2.45, 2.75) is 78.1 Å². The average Bonchev–Trinajstić information content (AvgIpc) is 3.06. The zero-order valence-corrected chi connectivity index (χ0v) is 23.3. The molecule has 1 aromatic carbocycles. The number of aromatic nitrogens is 1. The van der Waals surface area contributed by atoms with E-state index >= 15 is 0 Å². The van der Waals surface area contributed by atoms with Crippen molar-refractivity contribution in [3.8, 4) is 11.1 Å². The predicted octanol–water partition coefficient (Wildman–Crippen LogP) is 5.33. The summed E-state index contributed by atoms with van der Waals surface area (Å²) in [5.74, 6) is -2.07. The molecule has 218 valence electrons. The second kappa shape index (κ2) is 13.8. The molecule has 0 saturated carbocycles. The summed E-state index contributed by atoms with van der Waals surface area (Å²) in [6.07, 6.45) is 2.50. The third-order valence-electron chi connectivity index (χ3n) is 7.32. The molecule has 1 aliphatic heterocycles. The Kier molecular flexibility index (Phi) is 10.7. The highest BCUT2D eigenvalue weighted by atomic mass is 19.4. The van der Waals surface area contributed by atoms with Crippen molar-refractivity contribution in [1.82, 2.24) is 15.2 Å². The minimum atomic E-state index is -4.41. The number of hydrogen-bond donors (Lipinski definition) is 2. The minimum absolute atomic E-state index is 0.167. The molecule has 1 unspecified atom stereocenters. The number of carbonyl (C=O) groups excluding carboxylic acids is 3. The summed E-state index contributed by atoms with van der Waals surface area (Å²) < 4.78 is 38.8. The lowest BCUT2D eigenvalue weighted by Crippen LogP contribution is -2.50. The van der Waals surface area contributed by atoms with E-state index in [1.807, 2.05) is 26.8 Å². The number of nitrogens with two attached hydrogens (primary N) is 1. The molecule has 40 heavy (non-hydrogen) atoms. The lowest BCUT2D eigenvalue weighted by atomic mass is 9.81. The van der Waals surface area contributed by atoms with Gasteiger partial charge in [0, 0.05) is 42.9 Å². The lowest BCUT2D eigenvalue weighted by molar-refractivity contribution is -0.139. The Labute approximate surface area is 233 Å². The largest absolute Gasteiger partial charge is 0.416 e. The summed E-state index contributed by atoms with van der Waals surface area (Å²) >= 11 is 0. The summed E-state index contributed by atoms with van der Waals surface area (Å²) in [6.45, 7) is 6.66. The van der Waals surface area contributed by atoms with Crippen LogP contribution in [0.25, 0.3) is 11.1 Å². The van der Waals surface area contributed by atoms with Crippen LogP contribution in [0.1, 0.15) is 70.4 Å². The average molecular weight is 561 g/mol. The quantitative estimate of drug-likeness (QED) is 0.388. The number of hydrogen-bond acceptors (Lipinski definition) is 4. The second-order valence-electron chi connectivity index (χ2n) is 11.0. The highest BCUT2D eigenvalue weighted by Gasteiger charge is 2.36. The van der Waals surface area contributed by atoms with Gasteiger partial charge in [0.15, 0.2) is 0 Å². The van der Waals surface area contributed by atoms with Crippen LogP contribution in [0.3, 0.4) is 0 Å². The molecule has 3 amide bonds. The maximum Gasteiger partial charge on any atom is 0.416 e. The van der Waals surface area contributed by atoms with Gasteiger partial charge in [0.25, 0.3) is 0 Å². The standard InChI is InChI=1S/C30H39F3N4O3/c1-4-7-24(27(34)38)25(14-19(2)3)28(39)36-26-8-5-6-13-37(29(26)40)18-20-15-22(17-35-16-20)21-9-11-23(12-10-21)30(31,32)33/h9-12,15-17,19,24-26H,4-8,13-14,18H2,1-3H3,(H2,34,38)(H,36,39)/t24-,25?,26-/m0/s1. The van der Waals surface area contributed by atoms with E-state index in [2.05, 4.69) is 10.3 Å². The van der Waals surface area contributed by atoms with Crippen LogP contribution in [-0.4, -0.2) is 40.2 Å². The van der Waals surface area contributed by atoms with Gasteiger partial charge < -0.3 is 16.0 Å². The van der Waals surface area contributed by atoms with Crippen LogP contribution in [-0.2, 0) is 27.1 Å². The van der Waals surface area contributed by atoms with Gasteiger partial charge >= 0.3 is 6.18 Å². The van der Waals surface area contributed by atoms with Gasteiger partial charge in [0.2, 0.25) is 17.7 Å². The van der Waals surface area contributed by atoms with Crippen LogP contribution in [0.5, 0.6) is 0 Å². The van der Waals surface area contributed by atoms with Crippen molar-refractivity contribution in [3.63, 3.8) is 0 Å². The number of likely N-dealkylation sites (tertiary alicyclic amines) is 1. The van der Waals surface area contributed by atoms with Gasteiger partial charge in [0.1, 0.15) is 6.04 Å². The number of benzene rings is 1. The zero-order valence-electron chi connectivity index (χ0n) is 23.3. The van der Waals surface area contributed by atoms with Crippen LogP contribution >= 0.6 is 0 Å². The summed E-state index contributed by atoms with van der Waals surface area (Å²) in [4.78, 5) is 45.1. The molecular weight excluding hydrogens is 521 g/mol. The summed E-state index contributed by atoms with van der Waals surface area (Å²) in [5, 5.41) is 2.93. The summed E-state index contributed by atoms with van der Waals surface area (Å²) in [6, 6.07) is 5.95. The Hall–Kier alpha value is -3.43. The molecule has 2 aromatic rings. The molecule has 3 N–H and O–H groups in total. The maximum atomic E-state index is 13.5. The molecule has 10 heteroatoms. The highest BCUT2D eigenvalue weighted by Crippen LogP contribution is 2.31. The van der Waals surface area contributed by atoms with Gasteiger partial charge in [-0.2, -0.15) is 13.2 Å². The van der Waals surface area contributed by atoms with Crippen LogP contribution in [0.15, 0.2) is 42.7 Å². The number of amides is 3. The monoisotopic (exact) mass is 560 g/mol. The fourth-order valence-corrected chi connectivity index (χ4v) is 5.29. The Morgan fingerprint density at radius 1 is 1.10 bits per heavy atom. The lowest BCUT2D eigenvalue weighted by Gasteiger charge is -2.29. The Balaban J connectivity index is 1.75. The number of carbonyl (C=O) groups is 3. The van der Waals surface area contributed by atoms with E-state index in [-0.39, 0.29) is 24.3 Å². The van der Waals surface area contributed by atoms with Crippen molar-refractivity contribution in [2.24, 2.45) is 23.5 Å². The molecule has 3 rings (SSSR count). The smallest absolute Gasteiger partial charge is 0.369 e. The maximum absolute atomic E-state index is 13.5. The second-order valence-corrected chi connectivity index (χ2v) is 11.0. The van der Waals surface area contributed by atoms with Gasteiger partial charge in [-0.15, -0.1) is 0 Å².